The minimum absolute atomic E-state index is 0.0446. The molecule has 0 unspecified atom stereocenters. The van der Waals surface area contributed by atoms with Crippen LogP contribution in [0.4, 0.5) is 4.79 Å². The Hall–Kier alpha value is -4.45. The first-order chi connectivity index (χ1) is 23.1. The minimum Gasteiger partial charge on any atom is -0.504 e. The molecule has 1 aliphatic carbocycles. The van der Waals surface area contributed by atoms with Gasteiger partial charge >= 0.3 is 6.09 Å². The zero-order valence-electron chi connectivity index (χ0n) is 29.4. The molecule has 14 heteroatoms. The van der Waals surface area contributed by atoms with Crippen LogP contribution in [0.3, 0.4) is 0 Å². The Labute approximate surface area is 286 Å². The van der Waals surface area contributed by atoms with E-state index in [2.05, 4.69) is 21.6 Å². The normalized spacial score (nSPS) is 25.8. The third kappa shape index (κ3) is 6.26. The van der Waals surface area contributed by atoms with Crippen LogP contribution in [0, 0.1) is 18.3 Å². The van der Waals surface area contributed by atoms with Crippen LogP contribution in [0.5, 0.6) is 11.5 Å². The number of nitrogens with one attached hydrogen (secondary N) is 2. The molecule has 1 aromatic carbocycles. The smallest absolute Gasteiger partial charge is 0.408 e. The predicted octanol–water partition coefficient (Wildman–Crippen LogP) is 2.54. The molecule has 1 fully saturated rings. The van der Waals surface area contributed by atoms with E-state index in [0.29, 0.717) is 17.9 Å². The summed E-state index contributed by atoms with van der Waals surface area (Å²) in [7, 11) is 5.01. The van der Waals surface area contributed by atoms with Crippen LogP contribution in [0.15, 0.2) is 28.5 Å². The topological polar surface area (TPSA) is 180 Å². The number of alkyl carbamates (subject to hydrolysis) is 1. The van der Waals surface area contributed by atoms with E-state index in [1.165, 1.54) is 21.0 Å². The molecular formula is C35H45N5O9. The highest BCUT2D eigenvalue weighted by Crippen LogP contribution is 2.54. The van der Waals surface area contributed by atoms with Crippen LogP contribution in [0.1, 0.15) is 63.8 Å². The van der Waals surface area contributed by atoms with E-state index in [1.54, 1.807) is 27.9 Å². The number of rotatable bonds is 8. The van der Waals surface area contributed by atoms with Gasteiger partial charge in [-0.25, -0.2) is 4.79 Å². The number of allylic oxidation sites excluding steroid dienone is 2. The second-order valence-corrected chi connectivity index (χ2v) is 14.0. The number of Topliss-reactive ketones (excluding diaryl/α,β-unsaturated/α-hetero) is 2. The lowest BCUT2D eigenvalue weighted by Crippen LogP contribution is -2.71. The van der Waals surface area contributed by atoms with Gasteiger partial charge in [0, 0.05) is 48.0 Å². The van der Waals surface area contributed by atoms with Gasteiger partial charge in [-0.15, -0.1) is 0 Å². The van der Waals surface area contributed by atoms with Gasteiger partial charge in [0.05, 0.1) is 25.3 Å². The van der Waals surface area contributed by atoms with E-state index in [0.717, 1.165) is 16.7 Å². The molecule has 2 amide bonds. The van der Waals surface area contributed by atoms with Crippen molar-refractivity contribution in [3.8, 4) is 17.6 Å². The lowest BCUT2D eigenvalue weighted by Gasteiger charge is -2.60. The number of nitriles is 1. The summed E-state index contributed by atoms with van der Waals surface area (Å²) in [6, 6.07) is 0.460. The number of carbonyl (C=O) groups excluding carboxylic acids is 4. The average Bonchev–Trinajstić information content (AvgIpc) is 3.03. The molecule has 0 spiro atoms. The number of ketones is 2. The molecule has 14 nitrogen and oxygen atoms in total. The Bertz CT molecular complexity index is 1690. The van der Waals surface area contributed by atoms with E-state index in [4.69, 9.17) is 18.9 Å². The number of likely N-dealkylation sites (N-methyl/N-ethyl adjacent to an activating group) is 1. The van der Waals surface area contributed by atoms with Gasteiger partial charge in [0.2, 0.25) is 11.7 Å². The Morgan fingerprint density at radius 2 is 1.82 bits per heavy atom. The Kier molecular flexibility index (Phi) is 9.84. The van der Waals surface area contributed by atoms with E-state index in [-0.39, 0.29) is 42.5 Å². The van der Waals surface area contributed by atoms with Gasteiger partial charge in [0.1, 0.15) is 17.7 Å². The number of benzene rings is 1. The van der Waals surface area contributed by atoms with Gasteiger partial charge in [-0.2, -0.15) is 5.26 Å². The molecule has 0 saturated carbocycles. The number of aliphatic hydroxyl groups is 1. The summed E-state index contributed by atoms with van der Waals surface area (Å²) >= 11 is 0. The molecule has 3 N–H and O–H groups in total. The SMILES string of the molecule is COCOc1c(OC)c(C)cc2c1[C@@H]1[C@@H]3CC4=C(C(=O)C(O)=C(C)C4=O)[C@H](CNC(=O)[C@H](C)NC(=O)OC(C)(C)C)N3[C@@H](C#N)[C@@H](C2)N1C. The number of methoxy groups -OCH3 is 2. The van der Waals surface area contributed by atoms with Crippen molar-refractivity contribution in [2.24, 2.45) is 0 Å². The maximum atomic E-state index is 13.8. The molecule has 6 atom stereocenters. The van der Waals surface area contributed by atoms with E-state index in [9.17, 15) is 29.5 Å². The van der Waals surface area contributed by atoms with Crippen LogP contribution in [-0.2, 0) is 30.3 Å². The van der Waals surface area contributed by atoms with Gasteiger partial charge in [0.15, 0.2) is 29.8 Å². The summed E-state index contributed by atoms with van der Waals surface area (Å²) in [5.74, 6) is -1.36. The molecule has 1 saturated heterocycles. The van der Waals surface area contributed by atoms with E-state index >= 15 is 0 Å². The molecule has 0 radical (unpaired) electrons. The summed E-state index contributed by atoms with van der Waals surface area (Å²) in [5.41, 5.74) is 2.11. The highest BCUT2D eigenvalue weighted by Gasteiger charge is 2.58. The number of amides is 2. The second kappa shape index (κ2) is 13.5. The number of carbonyl (C=O) groups is 4. The van der Waals surface area contributed by atoms with Crippen LogP contribution in [0.25, 0.3) is 0 Å². The van der Waals surface area contributed by atoms with Crippen molar-refractivity contribution in [2.75, 3.05) is 34.6 Å². The first-order valence-corrected chi connectivity index (χ1v) is 16.3. The maximum Gasteiger partial charge on any atom is 0.408 e. The standard InChI is InChI=1S/C35H45N5O9/c1-16-10-19-11-21-23(13-36)40-22(27(39(21)7)25(19)32(31(16)47-9)48-15-46-8)12-20-26(30(43)29(42)17(2)28(20)41)24(40)14-37-33(44)18(3)38-34(45)49-35(4,5)6/h10,18,21-24,27,42H,11-12,14-15H2,1-9H3,(H,37,44)(H,38,45)/t18-,21+,22-,23-,24-,27-/m0/s1. The van der Waals surface area contributed by atoms with Gasteiger partial charge in [0.25, 0.3) is 0 Å². The number of ether oxygens (including phenoxy) is 4. The van der Waals surface area contributed by atoms with Gasteiger partial charge in [-0.3, -0.25) is 24.2 Å². The molecule has 49 heavy (non-hydrogen) atoms. The lowest BCUT2D eigenvalue weighted by molar-refractivity contribution is -0.125. The highest BCUT2D eigenvalue weighted by atomic mass is 16.7. The van der Waals surface area contributed by atoms with Gasteiger partial charge in [-0.05, 0) is 72.6 Å². The predicted molar refractivity (Wildman–Crippen MR) is 176 cm³/mol. The highest BCUT2D eigenvalue weighted by molar-refractivity contribution is 6.24. The van der Waals surface area contributed by atoms with Crippen LogP contribution < -0.4 is 20.1 Å². The summed E-state index contributed by atoms with van der Waals surface area (Å²) < 4.78 is 22.5. The van der Waals surface area contributed by atoms with Crippen molar-refractivity contribution in [3.63, 3.8) is 0 Å². The van der Waals surface area contributed by atoms with E-state index in [1.807, 2.05) is 24.9 Å². The number of hydrogen-bond acceptors (Lipinski definition) is 12. The number of aliphatic hydroxyl groups excluding tert-OH is 1. The molecule has 4 aliphatic rings. The Morgan fingerprint density at radius 3 is 2.43 bits per heavy atom. The molecular weight excluding hydrogens is 634 g/mol. The molecule has 3 aliphatic heterocycles. The summed E-state index contributed by atoms with van der Waals surface area (Å²) in [4.78, 5) is 57.3. The molecule has 0 aromatic heterocycles. The average molecular weight is 680 g/mol. The lowest BCUT2D eigenvalue weighted by atomic mass is 9.69. The van der Waals surface area contributed by atoms with Crippen molar-refractivity contribution in [2.45, 2.75) is 96.2 Å². The number of aryl methyl sites for hydroxylation is 1. The molecule has 5 rings (SSSR count). The van der Waals surface area contributed by atoms with Crippen molar-refractivity contribution in [3.05, 3.63) is 45.2 Å². The fourth-order valence-corrected chi connectivity index (χ4v) is 7.71. The molecule has 3 heterocycles. The number of fused-ring (bicyclic) bond motifs is 6. The maximum absolute atomic E-state index is 13.8. The largest absolute Gasteiger partial charge is 0.504 e. The van der Waals surface area contributed by atoms with E-state index < -0.39 is 65.1 Å². The van der Waals surface area contributed by atoms with Crippen molar-refractivity contribution >= 4 is 23.6 Å². The number of nitrogens with zero attached hydrogens (tertiary/aromatic N) is 3. The molecule has 2 bridgehead atoms. The van der Waals surface area contributed by atoms with Crippen LogP contribution >= 0.6 is 0 Å². The summed E-state index contributed by atoms with van der Waals surface area (Å²) in [6.07, 6.45) is -0.203. The summed E-state index contributed by atoms with van der Waals surface area (Å²) in [5, 5.41) is 26.9. The van der Waals surface area contributed by atoms with Gasteiger partial charge < -0.3 is 34.7 Å². The first-order valence-electron chi connectivity index (χ1n) is 16.3. The van der Waals surface area contributed by atoms with Crippen LogP contribution in [-0.4, -0.2) is 109 Å². The number of piperazine rings is 1. The fourth-order valence-electron chi connectivity index (χ4n) is 7.71. The fraction of sp³-hybridized carbons (Fsp3) is 0.571. The Balaban J connectivity index is 1.60. The third-order valence-electron chi connectivity index (χ3n) is 9.78. The van der Waals surface area contributed by atoms with Crippen molar-refractivity contribution in [1.29, 1.82) is 5.26 Å². The molecule has 1 aromatic rings. The van der Waals surface area contributed by atoms with Crippen molar-refractivity contribution in [1.82, 2.24) is 20.4 Å². The third-order valence-corrected chi connectivity index (χ3v) is 9.78. The second-order valence-electron chi connectivity index (χ2n) is 14.0. The monoisotopic (exact) mass is 679 g/mol. The molecule has 264 valence electrons. The van der Waals surface area contributed by atoms with Gasteiger partial charge in [-0.1, -0.05) is 6.07 Å². The quantitative estimate of drug-likeness (QED) is 0.271. The summed E-state index contributed by atoms with van der Waals surface area (Å²) in [6.45, 7) is 9.71. The zero-order valence-corrected chi connectivity index (χ0v) is 29.4. The van der Waals surface area contributed by atoms with Crippen molar-refractivity contribution < 1.29 is 43.2 Å². The zero-order chi connectivity index (χ0) is 36.1. The van der Waals surface area contributed by atoms with Crippen LogP contribution in [0.2, 0.25) is 0 Å². The Morgan fingerprint density at radius 1 is 1.12 bits per heavy atom. The minimum atomic E-state index is -1.01. The first kappa shape index (κ1) is 35.8. The number of hydrogen-bond donors (Lipinski definition) is 3.